The van der Waals surface area contributed by atoms with Gasteiger partial charge in [0.1, 0.15) is 0 Å². The summed E-state index contributed by atoms with van der Waals surface area (Å²) < 4.78 is 39.5. The van der Waals surface area contributed by atoms with Gasteiger partial charge in [0.15, 0.2) is 0 Å². The Morgan fingerprint density at radius 3 is 2.63 bits per heavy atom. The van der Waals surface area contributed by atoms with E-state index in [-0.39, 0.29) is 6.04 Å². The van der Waals surface area contributed by atoms with E-state index in [1.165, 1.54) is 0 Å². The second kappa shape index (κ2) is 4.29. The van der Waals surface area contributed by atoms with E-state index in [1.54, 1.807) is 18.3 Å². The molecule has 3 nitrogen and oxygen atoms in total. The summed E-state index contributed by atoms with van der Waals surface area (Å²) in [6, 6.07) is 5.40. The number of hydrogen-bond acceptors (Lipinski definition) is 2. The molecular formula is C13H12F3N3. The van der Waals surface area contributed by atoms with E-state index < -0.39 is 11.7 Å². The average molecular weight is 267 g/mol. The highest BCUT2D eigenvalue weighted by Crippen LogP contribution is 2.32. The third kappa shape index (κ3) is 2.18. The Morgan fingerprint density at radius 1 is 1.21 bits per heavy atom. The van der Waals surface area contributed by atoms with Crippen molar-refractivity contribution in [3.05, 3.63) is 47.8 Å². The van der Waals surface area contributed by atoms with Crippen LogP contribution in [0.25, 0.3) is 0 Å². The smallest absolute Gasteiger partial charge is 0.356 e. The molecule has 1 aliphatic rings. The Hall–Kier alpha value is -1.98. The normalized spacial score (nSPS) is 18.8. The first kappa shape index (κ1) is 12.1. The summed E-state index contributed by atoms with van der Waals surface area (Å²) in [4.78, 5) is 4.16. The van der Waals surface area contributed by atoms with E-state index in [0.717, 1.165) is 36.6 Å². The molecule has 1 unspecified atom stereocenters. The first-order valence-corrected chi connectivity index (χ1v) is 5.99. The summed E-state index contributed by atoms with van der Waals surface area (Å²) in [5, 5.41) is 3.15. The number of rotatable bonds is 1. The number of alkyl halides is 3. The minimum absolute atomic E-state index is 0.0426. The Labute approximate surface area is 108 Å². The minimum atomic E-state index is -4.28. The van der Waals surface area contributed by atoms with Crippen LogP contribution in [0.15, 0.2) is 36.7 Å². The zero-order valence-corrected chi connectivity index (χ0v) is 9.98. The summed E-state index contributed by atoms with van der Waals surface area (Å²) >= 11 is 0. The van der Waals surface area contributed by atoms with Gasteiger partial charge >= 0.3 is 6.18 Å². The maximum Gasteiger partial charge on any atom is 0.416 e. The van der Waals surface area contributed by atoms with Crippen LogP contribution in [0.1, 0.15) is 23.6 Å². The Bertz CT molecular complexity index is 572. The molecule has 0 amide bonds. The van der Waals surface area contributed by atoms with Crippen LogP contribution >= 0.6 is 0 Å². The van der Waals surface area contributed by atoms with Gasteiger partial charge in [0, 0.05) is 18.9 Å². The van der Waals surface area contributed by atoms with Gasteiger partial charge in [-0.05, 0) is 24.1 Å². The van der Waals surface area contributed by atoms with Crippen molar-refractivity contribution in [3.63, 3.8) is 0 Å². The number of hydrogen-bond donors (Lipinski definition) is 1. The lowest BCUT2D eigenvalue weighted by Gasteiger charge is -2.26. The molecule has 0 fully saturated rings. The van der Waals surface area contributed by atoms with Gasteiger partial charge in [-0.25, -0.2) is 4.98 Å². The molecule has 0 spiro atoms. The number of halogens is 3. The molecule has 0 aliphatic carbocycles. The van der Waals surface area contributed by atoms with Crippen LogP contribution in [0, 0.1) is 0 Å². The van der Waals surface area contributed by atoms with Crippen LogP contribution in [-0.4, -0.2) is 16.1 Å². The molecule has 0 saturated carbocycles. The number of anilines is 1. The SMILES string of the molecule is FC(F)(F)c1ccc(C2CCNc3nccn32)cc1. The quantitative estimate of drug-likeness (QED) is 0.859. The van der Waals surface area contributed by atoms with Crippen LogP contribution in [0.3, 0.4) is 0 Å². The van der Waals surface area contributed by atoms with E-state index in [9.17, 15) is 13.2 Å². The Balaban J connectivity index is 1.93. The van der Waals surface area contributed by atoms with Crippen molar-refractivity contribution in [2.45, 2.75) is 18.6 Å². The highest BCUT2D eigenvalue weighted by atomic mass is 19.4. The first-order chi connectivity index (χ1) is 9.05. The minimum Gasteiger partial charge on any atom is -0.356 e. The number of aromatic nitrogens is 2. The summed E-state index contributed by atoms with van der Waals surface area (Å²) in [6.07, 6.45) is 0.0656. The summed E-state index contributed by atoms with van der Waals surface area (Å²) in [7, 11) is 0. The number of benzene rings is 1. The van der Waals surface area contributed by atoms with Crippen LogP contribution in [-0.2, 0) is 6.18 Å². The molecule has 0 radical (unpaired) electrons. The number of fused-ring (bicyclic) bond motifs is 1. The second-order valence-electron chi connectivity index (χ2n) is 4.51. The number of nitrogens with zero attached hydrogens (tertiary/aromatic N) is 2. The van der Waals surface area contributed by atoms with Crippen LogP contribution in [0.2, 0.25) is 0 Å². The monoisotopic (exact) mass is 267 g/mol. The summed E-state index contributed by atoms with van der Waals surface area (Å²) in [5.74, 6) is 0.760. The molecule has 2 aromatic rings. The van der Waals surface area contributed by atoms with Crippen molar-refractivity contribution in [1.29, 1.82) is 0 Å². The molecule has 6 heteroatoms. The van der Waals surface area contributed by atoms with Gasteiger partial charge < -0.3 is 9.88 Å². The molecule has 0 bridgehead atoms. The van der Waals surface area contributed by atoms with E-state index in [4.69, 9.17) is 0 Å². The predicted octanol–water partition coefficient (Wildman–Crippen LogP) is 3.31. The van der Waals surface area contributed by atoms with Gasteiger partial charge in [0.25, 0.3) is 0 Å². The number of imidazole rings is 1. The van der Waals surface area contributed by atoms with E-state index >= 15 is 0 Å². The highest BCUT2D eigenvalue weighted by Gasteiger charge is 2.30. The summed E-state index contributed by atoms with van der Waals surface area (Å²) in [6.45, 7) is 0.767. The van der Waals surface area contributed by atoms with E-state index in [0.29, 0.717) is 0 Å². The molecule has 1 aliphatic heterocycles. The van der Waals surface area contributed by atoms with Crippen molar-refractivity contribution in [3.8, 4) is 0 Å². The molecule has 1 aromatic carbocycles. The van der Waals surface area contributed by atoms with Gasteiger partial charge in [0.05, 0.1) is 11.6 Å². The fraction of sp³-hybridized carbons (Fsp3) is 0.308. The molecule has 19 heavy (non-hydrogen) atoms. The molecule has 1 atom stereocenters. The van der Waals surface area contributed by atoms with Gasteiger partial charge in [-0.3, -0.25) is 0 Å². The lowest BCUT2D eigenvalue weighted by molar-refractivity contribution is -0.137. The Morgan fingerprint density at radius 2 is 1.95 bits per heavy atom. The van der Waals surface area contributed by atoms with Crippen molar-refractivity contribution < 1.29 is 13.2 Å². The van der Waals surface area contributed by atoms with Gasteiger partial charge in [-0.2, -0.15) is 13.2 Å². The van der Waals surface area contributed by atoms with Crippen LogP contribution in [0.5, 0.6) is 0 Å². The Kier molecular flexibility index (Phi) is 2.73. The zero-order chi connectivity index (χ0) is 13.5. The van der Waals surface area contributed by atoms with Crippen molar-refractivity contribution in [2.75, 3.05) is 11.9 Å². The fourth-order valence-electron chi connectivity index (χ4n) is 2.38. The standard InChI is InChI=1S/C13H12F3N3/c14-13(15,16)10-3-1-9(2-4-10)11-5-6-17-12-18-7-8-19(11)12/h1-4,7-8,11H,5-6H2,(H,17,18). The van der Waals surface area contributed by atoms with E-state index in [2.05, 4.69) is 10.3 Å². The maximum absolute atomic E-state index is 12.5. The third-order valence-corrected chi connectivity index (χ3v) is 3.33. The molecule has 1 N–H and O–H groups in total. The average Bonchev–Trinajstić information content (AvgIpc) is 2.86. The predicted molar refractivity (Wildman–Crippen MR) is 64.9 cm³/mol. The van der Waals surface area contributed by atoms with Crippen molar-refractivity contribution in [1.82, 2.24) is 9.55 Å². The second-order valence-corrected chi connectivity index (χ2v) is 4.51. The highest BCUT2D eigenvalue weighted by molar-refractivity contribution is 5.35. The molecule has 2 heterocycles. The number of nitrogens with one attached hydrogen (secondary N) is 1. The fourth-order valence-corrected chi connectivity index (χ4v) is 2.38. The lowest BCUT2D eigenvalue weighted by Crippen LogP contribution is -2.23. The molecular weight excluding hydrogens is 255 g/mol. The van der Waals surface area contributed by atoms with Crippen molar-refractivity contribution >= 4 is 5.95 Å². The zero-order valence-electron chi connectivity index (χ0n) is 9.98. The van der Waals surface area contributed by atoms with Crippen molar-refractivity contribution in [2.24, 2.45) is 0 Å². The van der Waals surface area contributed by atoms with Gasteiger partial charge in [0.2, 0.25) is 5.95 Å². The van der Waals surface area contributed by atoms with E-state index in [1.807, 2.05) is 10.8 Å². The first-order valence-electron chi connectivity index (χ1n) is 5.99. The maximum atomic E-state index is 12.5. The topological polar surface area (TPSA) is 29.9 Å². The largest absolute Gasteiger partial charge is 0.416 e. The molecule has 1 aromatic heterocycles. The van der Waals surface area contributed by atoms with Gasteiger partial charge in [-0.1, -0.05) is 12.1 Å². The molecule has 100 valence electrons. The van der Waals surface area contributed by atoms with Gasteiger partial charge in [-0.15, -0.1) is 0 Å². The summed E-state index contributed by atoms with van der Waals surface area (Å²) in [5.41, 5.74) is 0.254. The van der Waals surface area contributed by atoms with Crippen LogP contribution < -0.4 is 5.32 Å². The third-order valence-electron chi connectivity index (χ3n) is 3.33. The molecule has 0 saturated heterocycles. The van der Waals surface area contributed by atoms with Crippen LogP contribution in [0.4, 0.5) is 19.1 Å². The molecule has 3 rings (SSSR count). The lowest BCUT2D eigenvalue weighted by atomic mass is 10.0.